The van der Waals surface area contributed by atoms with E-state index in [9.17, 15) is 14.4 Å². The molecule has 2 N–H and O–H groups in total. The maximum absolute atomic E-state index is 12.8. The predicted octanol–water partition coefficient (Wildman–Crippen LogP) is 13.2. The third kappa shape index (κ3) is 39.9. The Bertz CT molecular complexity index is 809. The molecule has 0 unspecified atom stereocenters. The number of primary amides is 1. The Morgan fingerprint density at radius 2 is 0.796 bits per heavy atom. The number of esters is 2. The lowest BCUT2D eigenvalue weighted by Gasteiger charge is -2.22. The van der Waals surface area contributed by atoms with Gasteiger partial charge in [0.2, 0.25) is 0 Å². The fourth-order valence-corrected chi connectivity index (χ4v) is 7.20. The van der Waals surface area contributed by atoms with Crippen LogP contribution in [0.4, 0.5) is 4.79 Å². The van der Waals surface area contributed by atoms with Crippen LogP contribution in [0.3, 0.4) is 0 Å². The van der Waals surface area contributed by atoms with Gasteiger partial charge in [0.1, 0.15) is 6.10 Å². The third-order valence-corrected chi connectivity index (χ3v) is 10.6. The number of amides is 1. The van der Waals surface area contributed by atoms with Crippen LogP contribution in [0.1, 0.15) is 239 Å². The molecule has 0 fully saturated rings. The molecule has 0 aromatic rings. The summed E-state index contributed by atoms with van der Waals surface area (Å²) in [6, 6.07) is 0. The van der Waals surface area contributed by atoms with Gasteiger partial charge < -0.3 is 24.8 Å². The van der Waals surface area contributed by atoms with Crippen LogP contribution in [-0.2, 0) is 23.8 Å². The van der Waals surface area contributed by atoms with E-state index in [1.165, 1.54) is 109 Å². The smallest absolute Gasteiger partial charge is 0.404 e. The molecule has 0 aliphatic carbocycles. The third-order valence-electron chi connectivity index (χ3n) is 10.6. The number of hydrogen-bond donors (Lipinski definition) is 1. The first kappa shape index (κ1) is 52.2. The zero-order valence-corrected chi connectivity index (χ0v) is 36.1. The molecular formula is C46H90N2O6. The average molecular weight is 767 g/mol. The van der Waals surface area contributed by atoms with E-state index < -0.39 is 6.09 Å². The van der Waals surface area contributed by atoms with Gasteiger partial charge in [-0.2, -0.15) is 0 Å². The van der Waals surface area contributed by atoms with Crippen molar-refractivity contribution in [3.8, 4) is 0 Å². The van der Waals surface area contributed by atoms with Crippen molar-refractivity contribution in [2.45, 2.75) is 245 Å². The minimum atomic E-state index is -0.710. The molecule has 0 saturated carbocycles. The molecule has 1 amide bonds. The Morgan fingerprint density at radius 3 is 1.28 bits per heavy atom. The number of nitrogens with two attached hydrogens (primary N) is 1. The van der Waals surface area contributed by atoms with Crippen molar-refractivity contribution in [3.63, 3.8) is 0 Å². The standard InChI is InChI=1S/C46H90N2O6/c1-4-7-10-13-16-25-32-41-52-44(49)36-28-21-17-23-30-38-48(40-33-42-53-46(47)51)39-31-24-18-22-29-37-45(50)54-43(34-26-19-14-11-8-5-2)35-27-20-15-12-9-6-3/h43H,4-42H2,1-3H3,(H2,47,51). The van der Waals surface area contributed by atoms with E-state index in [2.05, 4.69) is 25.7 Å². The van der Waals surface area contributed by atoms with Crippen molar-refractivity contribution in [2.75, 3.05) is 32.8 Å². The molecule has 0 rings (SSSR count). The fraction of sp³-hybridized carbons (Fsp3) is 0.935. The Hall–Kier alpha value is -1.83. The molecule has 0 radical (unpaired) electrons. The molecule has 0 heterocycles. The van der Waals surface area contributed by atoms with Crippen LogP contribution in [0, 0.1) is 0 Å². The van der Waals surface area contributed by atoms with Gasteiger partial charge in [0, 0.05) is 19.4 Å². The Balaban J connectivity index is 4.23. The number of hydrogen-bond acceptors (Lipinski definition) is 7. The summed E-state index contributed by atoms with van der Waals surface area (Å²) in [5.74, 6) is -0.0448. The number of ether oxygens (including phenoxy) is 3. The highest BCUT2D eigenvalue weighted by Gasteiger charge is 2.14. The number of carbonyl (C=O) groups excluding carboxylic acids is 3. The van der Waals surface area contributed by atoms with E-state index >= 15 is 0 Å². The van der Waals surface area contributed by atoms with Gasteiger partial charge in [0.05, 0.1) is 13.2 Å². The number of carbonyl (C=O) groups is 3. The van der Waals surface area contributed by atoms with Crippen LogP contribution in [0.2, 0.25) is 0 Å². The minimum Gasteiger partial charge on any atom is -0.466 e. The lowest BCUT2D eigenvalue weighted by Crippen LogP contribution is -2.28. The SMILES string of the molecule is CCCCCCCCCOC(=O)CCCCCCCN(CCCCCCCC(=O)OC(CCCCCCCC)CCCCCCCC)CCCOC(N)=O. The molecule has 0 aromatic heterocycles. The van der Waals surface area contributed by atoms with Gasteiger partial charge in [-0.05, 0) is 77.3 Å². The van der Waals surface area contributed by atoms with E-state index in [0.717, 1.165) is 116 Å². The number of nitrogens with zero attached hydrogens (tertiary/aromatic N) is 1. The molecule has 0 aliphatic rings. The van der Waals surface area contributed by atoms with Crippen LogP contribution in [0.5, 0.6) is 0 Å². The topological polar surface area (TPSA) is 108 Å². The first-order valence-corrected chi connectivity index (χ1v) is 23.4. The molecule has 0 atom stereocenters. The molecule has 320 valence electrons. The summed E-state index contributed by atoms with van der Waals surface area (Å²) in [6.45, 7) is 10.6. The molecule has 54 heavy (non-hydrogen) atoms. The Labute approximate surface area is 334 Å². The van der Waals surface area contributed by atoms with Gasteiger partial charge in [0.25, 0.3) is 0 Å². The van der Waals surface area contributed by atoms with Crippen molar-refractivity contribution >= 4 is 18.0 Å². The fourth-order valence-electron chi connectivity index (χ4n) is 7.20. The van der Waals surface area contributed by atoms with Gasteiger partial charge in [-0.3, -0.25) is 9.59 Å². The summed E-state index contributed by atoms with van der Waals surface area (Å²) in [7, 11) is 0. The maximum Gasteiger partial charge on any atom is 0.404 e. The second kappa shape index (κ2) is 42.3. The molecular weight excluding hydrogens is 677 g/mol. The van der Waals surface area contributed by atoms with Crippen LogP contribution in [0.25, 0.3) is 0 Å². The lowest BCUT2D eigenvalue weighted by molar-refractivity contribution is -0.150. The monoisotopic (exact) mass is 767 g/mol. The summed E-state index contributed by atoms with van der Waals surface area (Å²) in [6.07, 6.45) is 37.9. The van der Waals surface area contributed by atoms with E-state index in [1.54, 1.807) is 0 Å². The van der Waals surface area contributed by atoms with Crippen LogP contribution in [0.15, 0.2) is 0 Å². The second-order valence-corrected chi connectivity index (χ2v) is 16.0. The summed E-state index contributed by atoms with van der Waals surface area (Å²) in [5, 5.41) is 0. The zero-order valence-electron chi connectivity index (χ0n) is 36.1. The van der Waals surface area contributed by atoms with Crippen molar-refractivity contribution < 1.29 is 28.6 Å². The van der Waals surface area contributed by atoms with Crippen molar-refractivity contribution in [1.29, 1.82) is 0 Å². The summed E-state index contributed by atoms with van der Waals surface area (Å²) < 4.78 is 16.4. The molecule has 8 heteroatoms. The Kier molecular flexibility index (Phi) is 40.9. The van der Waals surface area contributed by atoms with Gasteiger partial charge in [-0.25, -0.2) is 4.79 Å². The van der Waals surface area contributed by atoms with Crippen molar-refractivity contribution in [3.05, 3.63) is 0 Å². The maximum atomic E-state index is 12.8. The highest BCUT2D eigenvalue weighted by molar-refractivity contribution is 5.69. The molecule has 0 bridgehead atoms. The summed E-state index contributed by atoms with van der Waals surface area (Å²) in [4.78, 5) is 38.3. The highest BCUT2D eigenvalue weighted by atomic mass is 16.5. The highest BCUT2D eigenvalue weighted by Crippen LogP contribution is 2.18. The number of unbranched alkanes of at least 4 members (excludes halogenated alkanes) is 24. The van der Waals surface area contributed by atoms with Crippen LogP contribution in [-0.4, -0.2) is 61.9 Å². The first-order valence-electron chi connectivity index (χ1n) is 23.4. The van der Waals surface area contributed by atoms with Gasteiger partial charge in [0.15, 0.2) is 0 Å². The second-order valence-electron chi connectivity index (χ2n) is 16.0. The van der Waals surface area contributed by atoms with Crippen LogP contribution >= 0.6 is 0 Å². The van der Waals surface area contributed by atoms with E-state index in [1.807, 2.05) is 0 Å². The van der Waals surface area contributed by atoms with Crippen molar-refractivity contribution in [1.82, 2.24) is 4.90 Å². The zero-order chi connectivity index (χ0) is 39.6. The van der Waals surface area contributed by atoms with Gasteiger partial charge >= 0.3 is 18.0 Å². The molecule has 0 aromatic carbocycles. The van der Waals surface area contributed by atoms with E-state index in [-0.39, 0.29) is 18.0 Å². The molecule has 0 saturated heterocycles. The van der Waals surface area contributed by atoms with E-state index in [4.69, 9.17) is 19.9 Å². The minimum absolute atomic E-state index is 0.0000521. The number of rotatable bonds is 43. The molecule has 0 aliphatic heterocycles. The Morgan fingerprint density at radius 1 is 0.426 bits per heavy atom. The van der Waals surface area contributed by atoms with Crippen molar-refractivity contribution in [2.24, 2.45) is 5.73 Å². The normalized spacial score (nSPS) is 11.4. The van der Waals surface area contributed by atoms with Crippen LogP contribution < -0.4 is 5.73 Å². The van der Waals surface area contributed by atoms with Gasteiger partial charge in [-0.15, -0.1) is 0 Å². The largest absolute Gasteiger partial charge is 0.466 e. The predicted molar refractivity (Wildman–Crippen MR) is 227 cm³/mol. The average Bonchev–Trinajstić information content (AvgIpc) is 3.15. The van der Waals surface area contributed by atoms with E-state index in [0.29, 0.717) is 26.1 Å². The lowest BCUT2D eigenvalue weighted by atomic mass is 10.0. The summed E-state index contributed by atoms with van der Waals surface area (Å²) >= 11 is 0. The first-order chi connectivity index (χ1) is 26.4. The quantitative estimate of drug-likeness (QED) is 0.0374. The molecule has 0 spiro atoms. The van der Waals surface area contributed by atoms with Gasteiger partial charge in [-0.1, -0.05) is 162 Å². The molecule has 8 nitrogen and oxygen atoms in total. The summed E-state index contributed by atoms with van der Waals surface area (Å²) in [5.41, 5.74) is 5.14.